The number of carbonyl (C=O) groups is 1. The van der Waals surface area contributed by atoms with Gasteiger partial charge in [0.25, 0.3) is 0 Å². The summed E-state index contributed by atoms with van der Waals surface area (Å²) < 4.78 is 0. The van der Waals surface area contributed by atoms with E-state index in [-0.39, 0.29) is 11.8 Å². The maximum atomic E-state index is 11.4. The Morgan fingerprint density at radius 3 is 2.25 bits per heavy atom. The minimum absolute atomic E-state index is 0.165. The van der Waals surface area contributed by atoms with Crippen LogP contribution in [0, 0.1) is 11.3 Å². The lowest BCUT2D eigenvalue weighted by atomic mass is 9.81. The average molecular weight is 323 g/mol. The third kappa shape index (κ3) is 3.68. The second-order valence-electron chi connectivity index (χ2n) is 7.15. The van der Waals surface area contributed by atoms with Gasteiger partial charge in [0.05, 0.1) is 6.42 Å². The van der Waals surface area contributed by atoms with Crippen molar-refractivity contribution in [3.8, 4) is 0 Å². The van der Waals surface area contributed by atoms with Crippen molar-refractivity contribution in [1.29, 1.82) is 0 Å². The van der Waals surface area contributed by atoms with Gasteiger partial charge in [-0.05, 0) is 54.2 Å². The van der Waals surface area contributed by atoms with Gasteiger partial charge in [-0.1, -0.05) is 60.7 Å². The van der Waals surface area contributed by atoms with E-state index in [2.05, 4.69) is 48.5 Å². The van der Waals surface area contributed by atoms with Crippen LogP contribution in [0.15, 0.2) is 60.7 Å². The summed E-state index contributed by atoms with van der Waals surface area (Å²) in [5.41, 5.74) is 8.38. The van der Waals surface area contributed by atoms with Crippen LogP contribution in [-0.2, 0) is 11.2 Å². The van der Waals surface area contributed by atoms with Crippen molar-refractivity contribution in [1.82, 2.24) is 0 Å². The van der Waals surface area contributed by atoms with Crippen molar-refractivity contribution in [2.75, 3.05) is 6.54 Å². The molecule has 0 radical (unpaired) electrons. The molecule has 2 aromatic carbocycles. The van der Waals surface area contributed by atoms with E-state index in [1.807, 2.05) is 12.1 Å². The lowest BCUT2D eigenvalue weighted by Crippen LogP contribution is -2.30. The van der Waals surface area contributed by atoms with Gasteiger partial charge in [-0.25, -0.2) is 0 Å². The summed E-state index contributed by atoms with van der Waals surface area (Å²) in [6, 6.07) is 20.9. The van der Waals surface area contributed by atoms with Crippen LogP contribution in [0.3, 0.4) is 0 Å². The van der Waals surface area contributed by atoms with E-state index < -0.39 is 5.97 Å². The number of benzene rings is 2. The van der Waals surface area contributed by atoms with E-state index in [0.29, 0.717) is 18.4 Å². The summed E-state index contributed by atoms with van der Waals surface area (Å²) >= 11 is 0. The quantitative estimate of drug-likeness (QED) is 0.849. The fourth-order valence-electron chi connectivity index (χ4n) is 4.34. The molecular weight excluding hydrogens is 298 g/mol. The van der Waals surface area contributed by atoms with Crippen LogP contribution in [0.4, 0.5) is 0 Å². The SMILES string of the molecule is NC[C@]1(CC(=O)O)C[C@H](Cc2ccccc2)[C@@H](c2ccccc2)C1. The molecule has 1 saturated carbocycles. The average Bonchev–Trinajstić information content (AvgIpc) is 2.95. The summed E-state index contributed by atoms with van der Waals surface area (Å²) in [4.78, 5) is 11.4. The van der Waals surface area contributed by atoms with Crippen LogP contribution in [0.1, 0.15) is 36.3 Å². The predicted molar refractivity (Wildman–Crippen MR) is 95.8 cm³/mol. The Kier molecular flexibility index (Phi) is 5.00. The fourth-order valence-corrected chi connectivity index (χ4v) is 4.34. The zero-order valence-corrected chi connectivity index (χ0v) is 13.9. The number of carboxylic acids is 1. The summed E-state index contributed by atoms with van der Waals surface area (Å²) in [7, 11) is 0. The van der Waals surface area contributed by atoms with Crippen LogP contribution < -0.4 is 5.73 Å². The summed E-state index contributed by atoms with van der Waals surface area (Å²) in [5, 5.41) is 9.35. The van der Waals surface area contributed by atoms with Crippen molar-refractivity contribution in [2.45, 2.75) is 31.6 Å². The summed E-state index contributed by atoms with van der Waals surface area (Å²) in [6.45, 7) is 0.438. The first-order valence-corrected chi connectivity index (χ1v) is 8.63. The topological polar surface area (TPSA) is 63.3 Å². The first kappa shape index (κ1) is 16.7. The Balaban J connectivity index is 1.89. The third-order valence-corrected chi connectivity index (χ3v) is 5.44. The van der Waals surface area contributed by atoms with E-state index in [0.717, 1.165) is 19.3 Å². The molecule has 3 nitrogen and oxygen atoms in total. The second kappa shape index (κ2) is 7.18. The van der Waals surface area contributed by atoms with E-state index in [1.54, 1.807) is 0 Å². The third-order valence-electron chi connectivity index (χ3n) is 5.44. The molecule has 0 heterocycles. The van der Waals surface area contributed by atoms with Crippen molar-refractivity contribution in [3.63, 3.8) is 0 Å². The van der Waals surface area contributed by atoms with Crippen LogP contribution in [0.5, 0.6) is 0 Å². The smallest absolute Gasteiger partial charge is 0.303 e. The Morgan fingerprint density at radius 1 is 1.04 bits per heavy atom. The normalized spacial score (nSPS) is 26.4. The van der Waals surface area contributed by atoms with E-state index >= 15 is 0 Å². The zero-order chi connectivity index (χ0) is 17.0. The first-order chi connectivity index (χ1) is 11.6. The van der Waals surface area contributed by atoms with Crippen molar-refractivity contribution < 1.29 is 9.90 Å². The molecule has 0 saturated heterocycles. The molecule has 1 fully saturated rings. The zero-order valence-electron chi connectivity index (χ0n) is 13.9. The number of carboxylic acid groups (broad SMARTS) is 1. The molecule has 2 aromatic rings. The van der Waals surface area contributed by atoms with Gasteiger partial charge in [0, 0.05) is 0 Å². The monoisotopic (exact) mass is 323 g/mol. The number of hydrogen-bond acceptors (Lipinski definition) is 2. The van der Waals surface area contributed by atoms with Gasteiger partial charge in [0.15, 0.2) is 0 Å². The van der Waals surface area contributed by atoms with Gasteiger partial charge >= 0.3 is 5.97 Å². The maximum absolute atomic E-state index is 11.4. The second-order valence-corrected chi connectivity index (χ2v) is 7.15. The molecule has 24 heavy (non-hydrogen) atoms. The van der Waals surface area contributed by atoms with Gasteiger partial charge in [0.2, 0.25) is 0 Å². The highest BCUT2D eigenvalue weighted by atomic mass is 16.4. The van der Waals surface area contributed by atoms with E-state index in [9.17, 15) is 9.90 Å². The number of rotatable bonds is 6. The molecule has 0 bridgehead atoms. The Hall–Kier alpha value is -2.13. The van der Waals surface area contributed by atoms with E-state index in [4.69, 9.17) is 5.73 Å². The number of nitrogens with two attached hydrogens (primary N) is 1. The molecule has 0 unspecified atom stereocenters. The van der Waals surface area contributed by atoms with Gasteiger partial charge in [-0.3, -0.25) is 4.79 Å². The minimum atomic E-state index is -0.743. The molecular formula is C21H25NO2. The molecule has 1 aliphatic rings. The maximum Gasteiger partial charge on any atom is 0.303 e. The van der Waals surface area contributed by atoms with Crippen molar-refractivity contribution >= 4 is 5.97 Å². The summed E-state index contributed by atoms with van der Waals surface area (Å²) in [6.07, 6.45) is 2.88. The highest BCUT2D eigenvalue weighted by molar-refractivity contribution is 5.68. The van der Waals surface area contributed by atoms with Gasteiger partial charge in [-0.2, -0.15) is 0 Å². The Morgan fingerprint density at radius 2 is 1.67 bits per heavy atom. The molecule has 0 amide bonds. The van der Waals surface area contributed by atoms with Crippen molar-refractivity contribution in [2.24, 2.45) is 17.1 Å². The predicted octanol–water partition coefficient (Wildman–Crippen LogP) is 3.84. The van der Waals surface area contributed by atoms with Crippen LogP contribution in [0.25, 0.3) is 0 Å². The highest BCUT2D eigenvalue weighted by Gasteiger charge is 2.45. The fraction of sp³-hybridized carbons (Fsp3) is 0.381. The summed E-state index contributed by atoms with van der Waals surface area (Å²) in [5.74, 6) is 0.0552. The molecule has 0 aliphatic heterocycles. The molecule has 0 spiro atoms. The van der Waals surface area contributed by atoms with Gasteiger partial charge in [0.1, 0.15) is 0 Å². The standard InChI is InChI=1S/C21H25NO2/c22-15-21(14-20(23)24)12-18(11-16-7-3-1-4-8-16)19(13-21)17-9-5-2-6-10-17/h1-10,18-19H,11-15,22H2,(H,23,24)/t18-,19+,21+/m0/s1. The Labute approximate surface area is 143 Å². The van der Waals surface area contributed by atoms with Crippen molar-refractivity contribution in [3.05, 3.63) is 71.8 Å². The number of hydrogen-bond donors (Lipinski definition) is 2. The molecule has 3 N–H and O–H groups in total. The number of aliphatic carboxylic acids is 1. The molecule has 3 heteroatoms. The Bertz CT molecular complexity index is 671. The van der Waals surface area contributed by atoms with Crippen LogP contribution >= 0.6 is 0 Å². The van der Waals surface area contributed by atoms with E-state index in [1.165, 1.54) is 11.1 Å². The largest absolute Gasteiger partial charge is 0.481 e. The molecule has 3 atom stereocenters. The lowest BCUT2D eigenvalue weighted by molar-refractivity contribution is -0.139. The minimum Gasteiger partial charge on any atom is -0.481 e. The van der Waals surface area contributed by atoms with Gasteiger partial charge < -0.3 is 10.8 Å². The highest BCUT2D eigenvalue weighted by Crippen LogP contribution is 2.52. The molecule has 1 aliphatic carbocycles. The van der Waals surface area contributed by atoms with Crippen LogP contribution in [0.2, 0.25) is 0 Å². The molecule has 3 rings (SSSR count). The lowest BCUT2D eigenvalue weighted by Gasteiger charge is -2.25. The van der Waals surface area contributed by atoms with Crippen LogP contribution in [-0.4, -0.2) is 17.6 Å². The molecule has 0 aromatic heterocycles. The molecule has 126 valence electrons. The van der Waals surface area contributed by atoms with Gasteiger partial charge in [-0.15, -0.1) is 0 Å². The first-order valence-electron chi connectivity index (χ1n) is 8.63.